The second kappa shape index (κ2) is 8.05. The molecule has 0 saturated heterocycles. The number of nitrogens with zero attached hydrogens (tertiary/aromatic N) is 2. The highest BCUT2D eigenvalue weighted by Gasteiger charge is 2.14. The topological polar surface area (TPSA) is 73.2 Å². The fourth-order valence-corrected chi connectivity index (χ4v) is 2.86. The van der Waals surface area contributed by atoms with Crippen LogP contribution in [-0.4, -0.2) is 22.6 Å². The molecule has 0 unspecified atom stereocenters. The molecular formula is C20H18ClN3O3. The van der Waals surface area contributed by atoms with Crippen molar-refractivity contribution in [3.8, 4) is 17.1 Å². The van der Waals surface area contributed by atoms with E-state index in [0.29, 0.717) is 28.0 Å². The fourth-order valence-electron chi connectivity index (χ4n) is 2.69. The van der Waals surface area contributed by atoms with Crippen LogP contribution in [0.5, 0.6) is 5.75 Å². The van der Waals surface area contributed by atoms with Crippen molar-refractivity contribution in [3.05, 3.63) is 75.7 Å². The Balaban J connectivity index is 1.93. The smallest absolute Gasteiger partial charge is 0.254 e. The van der Waals surface area contributed by atoms with Crippen LogP contribution in [0.25, 0.3) is 11.4 Å². The monoisotopic (exact) mass is 383 g/mol. The van der Waals surface area contributed by atoms with E-state index in [0.717, 1.165) is 5.56 Å². The average molecular weight is 384 g/mol. The first-order valence-corrected chi connectivity index (χ1v) is 8.63. The molecule has 0 atom stereocenters. The zero-order chi connectivity index (χ0) is 19.4. The first-order chi connectivity index (χ1) is 13.0. The van der Waals surface area contributed by atoms with Crippen molar-refractivity contribution < 1.29 is 9.53 Å². The summed E-state index contributed by atoms with van der Waals surface area (Å²) >= 11 is 5.99. The molecule has 0 aliphatic rings. The number of benzene rings is 2. The van der Waals surface area contributed by atoms with Crippen LogP contribution >= 0.6 is 11.6 Å². The minimum Gasteiger partial charge on any atom is -0.495 e. The van der Waals surface area contributed by atoms with Gasteiger partial charge in [-0.25, -0.2) is 4.98 Å². The Bertz CT molecular complexity index is 1030. The summed E-state index contributed by atoms with van der Waals surface area (Å²) in [5.74, 6) is 0.528. The van der Waals surface area contributed by atoms with Gasteiger partial charge in [0.15, 0.2) is 0 Å². The van der Waals surface area contributed by atoms with Crippen LogP contribution in [0.1, 0.15) is 5.69 Å². The van der Waals surface area contributed by atoms with Crippen molar-refractivity contribution in [1.29, 1.82) is 0 Å². The van der Waals surface area contributed by atoms with Gasteiger partial charge >= 0.3 is 0 Å². The van der Waals surface area contributed by atoms with Gasteiger partial charge in [0.1, 0.15) is 18.1 Å². The molecule has 138 valence electrons. The number of aryl methyl sites for hydroxylation is 1. The summed E-state index contributed by atoms with van der Waals surface area (Å²) in [5, 5.41) is 3.20. The third-order valence-corrected chi connectivity index (χ3v) is 4.14. The predicted molar refractivity (Wildman–Crippen MR) is 105 cm³/mol. The van der Waals surface area contributed by atoms with Gasteiger partial charge in [-0.1, -0.05) is 41.9 Å². The van der Waals surface area contributed by atoms with E-state index in [2.05, 4.69) is 10.3 Å². The molecule has 0 aliphatic carbocycles. The summed E-state index contributed by atoms with van der Waals surface area (Å²) in [6, 6.07) is 15.6. The minimum atomic E-state index is -0.388. The van der Waals surface area contributed by atoms with Crippen LogP contribution in [0.15, 0.2) is 59.4 Å². The molecule has 0 saturated carbocycles. The number of hydrogen-bond donors (Lipinski definition) is 1. The van der Waals surface area contributed by atoms with Crippen molar-refractivity contribution >= 4 is 23.2 Å². The molecule has 3 aromatic rings. The Morgan fingerprint density at radius 3 is 2.63 bits per heavy atom. The van der Waals surface area contributed by atoms with Crippen LogP contribution in [0.2, 0.25) is 5.02 Å². The quantitative estimate of drug-likeness (QED) is 0.731. The maximum atomic E-state index is 12.6. The van der Waals surface area contributed by atoms with E-state index in [9.17, 15) is 9.59 Å². The summed E-state index contributed by atoms with van der Waals surface area (Å²) in [7, 11) is 1.50. The number of methoxy groups -OCH3 is 1. The van der Waals surface area contributed by atoms with Crippen molar-refractivity contribution in [3.63, 3.8) is 0 Å². The van der Waals surface area contributed by atoms with Crippen molar-refractivity contribution in [2.45, 2.75) is 13.5 Å². The van der Waals surface area contributed by atoms with E-state index in [4.69, 9.17) is 16.3 Å². The zero-order valence-corrected chi connectivity index (χ0v) is 15.7. The number of carbonyl (C=O) groups is 1. The van der Waals surface area contributed by atoms with E-state index in [1.54, 1.807) is 25.1 Å². The molecule has 0 aliphatic heterocycles. The normalized spacial score (nSPS) is 10.5. The fraction of sp³-hybridized carbons (Fsp3) is 0.150. The molecule has 6 nitrogen and oxygen atoms in total. The Morgan fingerprint density at radius 2 is 1.93 bits per heavy atom. The largest absolute Gasteiger partial charge is 0.495 e. The van der Waals surface area contributed by atoms with Crippen molar-refractivity contribution in [2.24, 2.45) is 0 Å². The molecule has 27 heavy (non-hydrogen) atoms. The number of ether oxygens (including phenoxy) is 1. The van der Waals surface area contributed by atoms with E-state index in [1.165, 1.54) is 17.7 Å². The molecule has 7 heteroatoms. The first kappa shape index (κ1) is 18.7. The molecule has 0 spiro atoms. The maximum Gasteiger partial charge on any atom is 0.254 e. The number of aromatic nitrogens is 2. The average Bonchev–Trinajstić information content (AvgIpc) is 2.64. The molecule has 1 heterocycles. The highest BCUT2D eigenvalue weighted by atomic mass is 35.5. The summed E-state index contributed by atoms with van der Waals surface area (Å²) in [6.07, 6.45) is 0. The molecule has 0 bridgehead atoms. The third kappa shape index (κ3) is 4.35. The van der Waals surface area contributed by atoms with Gasteiger partial charge in [-0.3, -0.25) is 14.2 Å². The highest BCUT2D eigenvalue weighted by molar-refractivity contribution is 6.31. The van der Waals surface area contributed by atoms with Crippen LogP contribution in [0, 0.1) is 6.92 Å². The standard InChI is InChI=1S/C20H18ClN3O3/c1-13-10-19(26)24(20(22-13)14-6-4-3-5-7-14)12-18(25)23-16-11-15(21)8-9-17(16)27-2/h3-11H,12H2,1-2H3,(H,23,25). The predicted octanol–water partition coefficient (Wildman–Crippen LogP) is 3.52. The van der Waals surface area contributed by atoms with Gasteiger partial charge in [0.2, 0.25) is 5.91 Å². The highest BCUT2D eigenvalue weighted by Crippen LogP contribution is 2.27. The first-order valence-electron chi connectivity index (χ1n) is 8.25. The molecule has 1 aromatic heterocycles. The molecule has 0 radical (unpaired) electrons. The van der Waals surface area contributed by atoms with Crippen LogP contribution in [-0.2, 0) is 11.3 Å². The number of anilines is 1. The second-order valence-corrected chi connectivity index (χ2v) is 6.34. The number of halogens is 1. The summed E-state index contributed by atoms with van der Waals surface area (Å²) in [5.41, 5.74) is 1.48. The summed E-state index contributed by atoms with van der Waals surface area (Å²) < 4.78 is 6.57. The Morgan fingerprint density at radius 1 is 1.19 bits per heavy atom. The Labute approximate surface area is 161 Å². The lowest BCUT2D eigenvalue weighted by Crippen LogP contribution is -2.29. The summed E-state index contributed by atoms with van der Waals surface area (Å²) in [4.78, 5) is 29.5. The Hall–Kier alpha value is -3.12. The van der Waals surface area contributed by atoms with Crippen molar-refractivity contribution in [1.82, 2.24) is 9.55 Å². The van der Waals surface area contributed by atoms with Gasteiger partial charge in [-0.2, -0.15) is 0 Å². The van der Waals surface area contributed by atoms with Gasteiger partial charge in [0.25, 0.3) is 5.56 Å². The van der Waals surface area contributed by atoms with Gasteiger partial charge in [-0.15, -0.1) is 0 Å². The molecule has 3 rings (SSSR count). The lowest BCUT2D eigenvalue weighted by molar-refractivity contribution is -0.116. The van der Waals surface area contributed by atoms with E-state index in [1.807, 2.05) is 30.3 Å². The summed E-state index contributed by atoms with van der Waals surface area (Å²) in [6.45, 7) is 1.56. The lowest BCUT2D eigenvalue weighted by Gasteiger charge is -2.14. The van der Waals surface area contributed by atoms with Gasteiger partial charge in [0, 0.05) is 22.3 Å². The number of carbonyl (C=O) groups excluding carboxylic acids is 1. The van der Waals surface area contributed by atoms with Gasteiger partial charge in [0.05, 0.1) is 12.8 Å². The lowest BCUT2D eigenvalue weighted by atomic mass is 10.2. The van der Waals surface area contributed by atoms with Gasteiger partial charge < -0.3 is 10.1 Å². The molecule has 1 amide bonds. The van der Waals surface area contributed by atoms with Crippen molar-refractivity contribution in [2.75, 3.05) is 12.4 Å². The maximum absolute atomic E-state index is 12.6. The Kier molecular flexibility index (Phi) is 5.57. The molecule has 0 fully saturated rings. The minimum absolute atomic E-state index is 0.188. The number of nitrogens with one attached hydrogen (secondary N) is 1. The van der Waals surface area contributed by atoms with E-state index < -0.39 is 0 Å². The zero-order valence-electron chi connectivity index (χ0n) is 14.9. The van der Waals surface area contributed by atoms with E-state index >= 15 is 0 Å². The number of amides is 1. The SMILES string of the molecule is COc1ccc(Cl)cc1NC(=O)Cn1c(-c2ccccc2)nc(C)cc1=O. The molecule has 2 aromatic carbocycles. The number of hydrogen-bond acceptors (Lipinski definition) is 4. The number of rotatable bonds is 5. The van der Waals surface area contributed by atoms with Crippen LogP contribution in [0.3, 0.4) is 0 Å². The van der Waals surface area contributed by atoms with Crippen LogP contribution < -0.4 is 15.6 Å². The molecular weight excluding hydrogens is 366 g/mol. The molecule has 1 N–H and O–H groups in total. The second-order valence-electron chi connectivity index (χ2n) is 5.90. The van der Waals surface area contributed by atoms with Gasteiger partial charge in [-0.05, 0) is 25.1 Å². The van der Waals surface area contributed by atoms with Crippen LogP contribution in [0.4, 0.5) is 5.69 Å². The van der Waals surface area contributed by atoms with E-state index in [-0.39, 0.29) is 18.0 Å². The third-order valence-electron chi connectivity index (χ3n) is 3.91.